The molecular formula is C9H15FO3. The third-order valence-corrected chi connectivity index (χ3v) is 2.70. The quantitative estimate of drug-likeness (QED) is 0.735. The number of ether oxygens (including phenoxy) is 1. The van der Waals surface area contributed by atoms with E-state index in [2.05, 4.69) is 0 Å². The highest BCUT2D eigenvalue weighted by atomic mass is 19.1. The van der Waals surface area contributed by atoms with E-state index >= 15 is 0 Å². The molecule has 0 amide bonds. The van der Waals surface area contributed by atoms with Crippen molar-refractivity contribution in [2.24, 2.45) is 5.92 Å². The molecule has 1 atom stereocenters. The number of alkyl halides is 1. The lowest BCUT2D eigenvalue weighted by Crippen LogP contribution is -2.30. The number of aliphatic carboxylic acids is 1. The first-order chi connectivity index (χ1) is 6.15. The topological polar surface area (TPSA) is 46.5 Å². The van der Waals surface area contributed by atoms with Gasteiger partial charge in [0.2, 0.25) is 0 Å². The van der Waals surface area contributed by atoms with Crippen molar-refractivity contribution in [3.63, 3.8) is 0 Å². The van der Waals surface area contributed by atoms with Gasteiger partial charge in [0.05, 0.1) is 6.10 Å². The maximum atomic E-state index is 13.0. The average Bonchev–Trinajstić information content (AvgIpc) is 2.17. The molecular weight excluding hydrogens is 175 g/mol. The van der Waals surface area contributed by atoms with Crippen molar-refractivity contribution < 1.29 is 19.0 Å². The van der Waals surface area contributed by atoms with Crippen LogP contribution in [-0.2, 0) is 9.53 Å². The maximum Gasteiger partial charge on any atom is 0.338 e. The molecule has 13 heavy (non-hydrogen) atoms. The van der Waals surface area contributed by atoms with Crippen molar-refractivity contribution in [2.45, 2.75) is 38.0 Å². The molecule has 1 aliphatic rings. The van der Waals surface area contributed by atoms with Crippen LogP contribution >= 0.6 is 0 Å². The monoisotopic (exact) mass is 190 g/mol. The summed E-state index contributed by atoms with van der Waals surface area (Å²) in [7, 11) is 1.63. The molecule has 1 rings (SSSR count). The molecule has 1 N–H and O–H groups in total. The zero-order chi connectivity index (χ0) is 9.84. The highest BCUT2D eigenvalue weighted by Gasteiger charge is 2.31. The van der Waals surface area contributed by atoms with Gasteiger partial charge in [0.1, 0.15) is 0 Å². The molecule has 0 aliphatic heterocycles. The highest BCUT2D eigenvalue weighted by molar-refractivity contribution is 5.72. The number of carbonyl (C=O) groups is 1. The molecule has 1 aliphatic carbocycles. The molecule has 1 fully saturated rings. The van der Waals surface area contributed by atoms with E-state index in [1.165, 1.54) is 0 Å². The van der Waals surface area contributed by atoms with E-state index in [0.29, 0.717) is 12.8 Å². The minimum Gasteiger partial charge on any atom is -0.479 e. The highest BCUT2D eigenvalue weighted by Crippen LogP contribution is 2.29. The Morgan fingerprint density at radius 3 is 2.38 bits per heavy atom. The van der Waals surface area contributed by atoms with Crippen LogP contribution in [0, 0.1) is 5.92 Å². The second-order valence-electron chi connectivity index (χ2n) is 3.51. The van der Waals surface area contributed by atoms with E-state index in [0.717, 1.165) is 12.8 Å². The smallest absolute Gasteiger partial charge is 0.338 e. The fourth-order valence-electron chi connectivity index (χ4n) is 1.82. The van der Waals surface area contributed by atoms with Gasteiger partial charge in [-0.3, -0.25) is 0 Å². The van der Waals surface area contributed by atoms with Crippen LogP contribution in [0.1, 0.15) is 25.7 Å². The van der Waals surface area contributed by atoms with Crippen LogP contribution < -0.4 is 0 Å². The van der Waals surface area contributed by atoms with Gasteiger partial charge in [0.25, 0.3) is 0 Å². The zero-order valence-electron chi connectivity index (χ0n) is 7.70. The molecule has 4 heteroatoms. The van der Waals surface area contributed by atoms with E-state index in [1.54, 1.807) is 7.11 Å². The summed E-state index contributed by atoms with van der Waals surface area (Å²) in [5, 5.41) is 8.45. The van der Waals surface area contributed by atoms with Crippen molar-refractivity contribution in [1.82, 2.24) is 0 Å². The number of hydrogen-bond donors (Lipinski definition) is 1. The molecule has 0 aromatic carbocycles. The van der Waals surface area contributed by atoms with Gasteiger partial charge in [-0.05, 0) is 25.7 Å². The molecule has 1 saturated carbocycles. The number of methoxy groups -OCH3 is 1. The Kier molecular flexibility index (Phi) is 3.66. The molecule has 0 bridgehead atoms. The third-order valence-electron chi connectivity index (χ3n) is 2.70. The van der Waals surface area contributed by atoms with Crippen molar-refractivity contribution in [3.05, 3.63) is 0 Å². The third kappa shape index (κ3) is 2.66. The summed E-state index contributed by atoms with van der Waals surface area (Å²) in [5.74, 6) is -1.65. The Morgan fingerprint density at radius 2 is 2.00 bits per heavy atom. The molecule has 0 saturated heterocycles. The summed E-state index contributed by atoms with van der Waals surface area (Å²) in [6.07, 6.45) is 1.27. The first-order valence-corrected chi connectivity index (χ1v) is 4.54. The van der Waals surface area contributed by atoms with Gasteiger partial charge in [0.15, 0.2) is 6.17 Å². The van der Waals surface area contributed by atoms with Crippen LogP contribution in [0.2, 0.25) is 0 Å². The Morgan fingerprint density at radius 1 is 1.46 bits per heavy atom. The van der Waals surface area contributed by atoms with Crippen molar-refractivity contribution in [2.75, 3.05) is 7.11 Å². The molecule has 0 aromatic heterocycles. The van der Waals surface area contributed by atoms with Gasteiger partial charge in [-0.2, -0.15) is 0 Å². The second-order valence-corrected chi connectivity index (χ2v) is 3.51. The molecule has 0 radical (unpaired) electrons. The Balaban J connectivity index is 2.36. The van der Waals surface area contributed by atoms with Gasteiger partial charge in [-0.15, -0.1) is 0 Å². The normalized spacial score (nSPS) is 31.2. The first kappa shape index (κ1) is 10.4. The standard InChI is InChI=1S/C9H15FO3/c1-13-7-4-2-6(3-5-7)8(10)9(11)12/h6-8H,2-5H2,1H3,(H,11,12)/t6?,7?,8-/m1/s1. The lowest BCUT2D eigenvalue weighted by molar-refractivity contribution is -0.145. The van der Waals surface area contributed by atoms with Crippen molar-refractivity contribution in [3.8, 4) is 0 Å². The van der Waals surface area contributed by atoms with Crippen molar-refractivity contribution in [1.29, 1.82) is 0 Å². The van der Waals surface area contributed by atoms with Crippen LogP contribution in [0.3, 0.4) is 0 Å². The zero-order valence-corrected chi connectivity index (χ0v) is 7.70. The van der Waals surface area contributed by atoms with E-state index in [1.807, 2.05) is 0 Å². The summed E-state index contributed by atoms with van der Waals surface area (Å²) in [6, 6.07) is 0. The fraction of sp³-hybridized carbons (Fsp3) is 0.889. The summed E-state index contributed by atoms with van der Waals surface area (Å²) >= 11 is 0. The minimum absolute atomic E-state index is 0.192. The Bertz CT molecular complexity index is 176. The number of carboxylic acid groups (broad SMARTS) is 1. The number of carboxylic acids is 1. The van der Waals surface area contributed by atoms with E-state index in [4.69, 9.17) is 9.84 Å². The van der Waals surface area contributed by atoms with E-state index in [9.17, 15) is 9.18 Å². The van der Waals surface area contributed by atoms with Gasteiger partial charge in [0, 0.05) is 13.0 Å². The van der Waals surface area contributed by atoms with Gasteiger partial charge < -0.3 is 9.84 Å². The molecule has 0 heterocycles. The predicted octanol–water partition coefficient (Wildman–Crippen LogP) is 1.61. The molecule has 0 unspecified atom stereocenters. The van der Waals surface area contributed by atoms with Crippen LogP contribution in [0.25, 0.3) is 0 Å². The Labute approximate surface area is 76.9 Å². The number of hydrogen-bond acceptors (Lipinski definition) is 2. The summed E-state index contributed by atoms with van der Waals surface area (Å²) in [5.41, 5.74) is 0. The maximum absolute atomic E-state index is 13.0. The van der Waals surface area contributed by atoms with E-state index < -0.39 is 12.1 Å². The minimum atomic E-state index is -1.70. The first-order valence-electron chi connectivity index (χ1n) is 4.54. The van der Waals surface area contributed by atoms with Crippen LogP contribution in [0.5, 0.6) is 0 Å². The van der Waals surface area contributed by atoms with Crippen LogP contribution in [0.15, 0.2) is 0 Å². The lowest BCUT2D eigenvalue weighted by atomic mass is 9.84. The Hall–Kier alpha value is -0.640. The molecule has 76 valence electrons. The molecule has 0 spiro atoms. The van der Waals surface area contributed by atoms with Crippen molar-refractivity contribution >= 4 is 5.97 Å². The van der Waals surface area contributed by atoms with Gasteiger partial charge >= 0.3 is 5.97 Å². The second kappa shape index (κ2) is 4.56. The van der Waals surface area contributed by atoms with Gasteiger partial charge in [-0.1, -0.05) is 0 Å². The largest absolute Gasteiger partial charge is 0.479 e. The summed E-state index contributed by atoms with van der Waals surface area (Å²) in [6.45, 7) is 0. The molecule has 0 aromatic rings. The number of rotatable bonds is 3. The fourth-order valence-corrected chi connectivity index (χ4v) is 1.82. The summed E-state index contributed by atoms with van der Waals surface area (Å²) in [4.78, 5) is 10.3. The number of halogens is 1. The predicted molar refractivity (Wildman–Crippen MR) is 45.3 cm³/mol. The van der Waals surface area contributed by atoms with Crippen LogP contribution in [-0.4, -0.2) is 30.5 Å². The average molecular weight is 190 g/mol. The lowest BCUT2D eigenvalue weighted by Gasteiger charge is -2.27. The molecule has 3 nitrogen and oxygen atoms in total. The van der Waals surface area contributed by atoms with Gasteiger partial charge in [-0.25, -0.2) is 9.18 Å². The SMILES string of the molecule is COC1CCC([C@@H](F)C(=O)O)CC1. The summed E-state index contributed by atoms with van der Waals surface area (Å²) < 4.78 is 18.1. The van der Waals surface area contributed by atoms with Crippen LogP contribution in [0.4, 0.5) is 4.39 Å². The van der Waals surface area contributed by atoms with E-state index in [-0.39, 0.29) is 12.0 Å².